The van der Waals surface area contributed by atoms with Crippen molar-refractivity contribution in [3.63, 3.8) is 0 Å². The Morgan fingerprint density at radius 2 is 1.60 bits per heavy atom. The van der Waals surface area contributed by atoms with Crippen LogP contribution >= 0.6 is 12.4 Å². The third-order valence-electron chi connectivity index (χ3n) is 2.46. The smallest absolute Gasteiger partial charge is 0.324 e. The molecular weight excluding hydrogens is 315 g/mol. The molecule has 0 unspecified atom stereocenters. The average Bonchev–Trinajstić information content (AvgIpc) is 2.23. The van der Waals surface area contributed by atoms with E-state index in [1.807, 2.05) is 0 Å². The van der Waals surface area contributed by atoms with E-state index in [2.05, 4.69) is 0 Å². The molecule has 116 valence electrons. The van der Waals surface area contributed by atoms with E-state index >= 15 is 0 Å². The van der Waals surface area contributed by atoms with Crippen molar-refractivity contribution in [1.82, 2.24) is 0 Å². The first-order valence-electron chi connectivity index (χ1n) is 5.19. The van der Waals surface area contributed by atoms with E-state index in [4.69, 9.17) is 5.73 Å². The van der Waals surface area contributed by atoms with Gasteiger partial charge in [0.15, 0.2) is 0 Å². The highest BCUT2D eigenvalue weighted by molar-refractivity contribution is 5.85. The molecule has 2 N–H and O–H groups in total. The third kappa shape index (κ3) is 5.54. The maximum absolute atomic E-state index is 12.9. The minimum atomic E-state index is -4.79. The molecule has 0 heterocycles. The number of hydrogen-bond acceptors (Lipinski definition) is 1. The van der Waals surface area contributed by atoms with Crippen LogP contribution in [-0.2, 0) is 6.18 Å². The van der Waals surface area contributed by atoms with Crippen LogP contribution < -0.4 is 5.73 Å². The number of hydrogen-bond donors (Lipinski definition) is 1. The number of alkyl halides is 6. The summed E-state index contributed by atoms with van der Waals surface area (Å²) in [5.41, 5.74) is 3.41. The summed E-state index contributed by atoms with van der Waals surface area (Å²) < 4.78 is 86.7. The predicted octanol–water partition coefficient (Wildman–Crippen LogP) is 4.61. The van der Waals surface area contributed by atoms with E-state index in [0.29, 0.717) is 18.2 Å². The lowest BCUT2D eigenvalue weighted by Crippen LogP contribution is -2.20. The van der Waals surface area contributed by atoms with Crippen LogP contribution in [0, 0.1) is 5.82 Å². The van der Waals surface area contributed by atoms with Crippen molar-refractivity contribution in [1.29, 1.82) is 0 Å². The van der Waals surface area contributed by atoms with Crippen molar-refractivity contribution < 1.29 is 30.7 Å². The second kappa shape index (κ2) is 6.62. The number of benzene rings is 1. The van der Waals surface area contributed by atoms with Crippen LogP contribution in [0.25, 0.3) is 0 Å². The van der Waals surface area contributed by atoms with Gasteiger partial charge in [0.1, 0.15) is 5.82 Å². The van der Waals surface area contributed by atoms with Gasteiger partial charge in [0, 0.05) is 12.5 Å². The van der Waals surface area contributed by atoms with E-state index < -0.39 is 48.2 Å². The summed E-state index contributed by atoms with van der Waals surface area (Å²) in [5, 5.41) is 0. The lowest BCUT2D eigenvalue weighted by Gasteiger charge is -2.19. The third-order valence-corrected chi connectivity index (χ3v) is 2.46. The minimum absolute atomic E-state index is 0. The molecule has 9 heteroatoms. The zero-order valence-electron chi connectivity index (χ0n) is 9.85. The summed E-state index contributed by atoms with van der Waals surface area (Å²) in [6.45, 7) is 0. The molecule has 0 saturated carbocycles. The highest BCUT2D eigenvalue weighted by Crippen LogP contribution is 2.36. The van der Waals surface area contributed by atoms with E-state index in [9.17, 15) is 30.7 Å². The quantitative estimate of drug-likeness (QED) is 0.807. The van der Waals surface area contributed by atoms with Gasteiger partial charge in [-0.15, -0.1) is 12.4 Å². The van der Waals surface area contributed by atoms with Crippen molar-refractivity contribution in [2.75, 3.05) is 0 Å². The predicted molar refractivity (Wildman–Crippen MR) is 60.9 cm³/mol. The molecular formula is C11H11ClF7N. The van der Waals surface area contributed by atoms with E-state index in [1.165, 1.54) is 0 Å². The van der Waals surface area contributed by atoms with Crippen molar-refractivity contribution >= 4 is 12.4 Å². The van der Waals surface area contributed by atoms with Crippen LogP contribution in [0.2, 0.25) is 0 Å². The maximum atomic E-state index is 12.9. The lowest BCUT2D eigenvalue weighted by molar-refractivity contribution is -0.139. The number of nitrogens with two attached hydrogens (primary N) is 1. The molecule has 1 rings (SSSR count). The Bertz CT molecular complexity index is 441. The second-order valence-electron chi connectivity index (χ2n) is 3.99. The van der Waals surface area contributed by atoms with Crippen LogP contribution in [0.1, 0.15) is 30.0 Å². The van der Waals surface area contributed by atoms with Gasteiger partial charge in [-0.25, -0.2) is 4.39 Å². The maximum Gasteiger partial charge on any atom is 0.416 e. The Morgan fingerprint density at radius 1 is 1.05 bits per heavy atom. The van der Waals surface area contributed by atoms with Gasteiger partial charge in [-0.2, -0.15) is 26.3 Å². The first kappa shape index (κ1) is 19.0. The number of halogens is 8. The summed E-state index contributed by atoms with van der Waals surface area (Å²) in [7, 11) is 0. The minimum Gasteiger partial charge on any atom is -0.324 e. The normalized spacial score (nSPS) is 13.8. The molecule has 0 aliphatic carbocycles. The lowest BCUT2D eigenvalue weighted by atomic mass is 9.97. The van der Waals surface area contributed by atoms with Gasteiger partial charge in [0.2, 0.25) is 0 Å². The van der Waals surface area contributed by atoms with Crippen LogP contribution in [0.4, 0.5) is 30.7 Å². The topological polar surface area (TPSA) is 26.0 Å². The fourth-order valence-electron chi connectivity index (χ4n) is 1.57. The molecule has 0 aromatic heterocycles. The zero-order valence-corrected chi connectivity index (χ0v) is 10.7. The van der Waals surface area contributed by atoms with Crippen molar-refractivity contribution in [3.05, 3.63) is 35.1 Å². The summed E-state index contributed by atoms with van der Waals surface area (Å²) in [6.07, 6.45) is -11.4. The second-order valence-corrected chi connectivity index (χ2v) is 3.99. The van der Waals surface area contributed by atoms with Gasteiger partial charge in [0.25, 0.3) is 0 Å². The van der Waals surface area contributed by atoms with E-state index in [0.717, 1.165) is 0 Å². The van der Waals surface area contributed by atoms with Gasteiger partial charge in [-0.3, -0.25) is 0 Å². The fraction of sp³-hybridized carbons (Fsp3) is 0.455. The molecule has 1 aromatic rings. The summed E-state index contributed by atoms with van der Waals surface area (Å²) in [4.78, 5) is 0. The number of rotatable bonds is 3. The largest absolute Gasteiger partial charge is 0.416 e. The molecule has 1 aromatic carbocycles. The van der Waals surface area contributed by atoms with Crippen molar-refractivity contribution in [3.8, 4) is 0 Å². The monoisotopic (exact) mass is 325 g/mol. The first-order chi connectivity index (χ1) is 8.50. The molecule has 0 aliphatic heterocycles. The summed E-state index contributed by atoms with van der Waals surface area (Å²) >= 11 is 0. The molecule has 1 nitrogen and oxygen atoms in total. The van der Waals surface area contributed by atoms with Gasteiger partial charge in [-0.05, 0) is 30.2 Å². The molecule has 0 radical (unpaired) electrons. The van der Waals surface area contributed by atoms with Crippen LogP contribution in [0.3, 0.4) is 0 Å². The summed E-state index contributed by atoms with van der Waals surface area (Å²) in [6, 6.07) is 0.0408. The molecule has 20 heavy (non-hydrogen) atoms. The first-order valence-corrected chi connectivity index (χ1v) is 5.19. The van der Waals surface area contributed by atoms with Gasteiger partial charge in [0.05, 0.1) is 5.56 Å². The Hall–Kier alpha value is -1.02. The molecule has 0 spiro atoms. The molecule has 0 saturated heterocycles. The average molecular weight is 326 g/mol. The standard InChI is InChI=1S/C11H10F7N.ClH/c12-6-1-2-8(11(16,17)18)7(5-6)9(19)3-4-10(13,14)15;/h1-2,5,9H,3-4,19H2;1H/t9-;/m0./s1. The van der Waals surface area contributed by atoms with Gasteiger partial charge in [-0.1, -0.05) is 0 Å². The van der Waals surface area contributed by atoms with Crippen LogP contribution in [0.15, 0.2) is 18.2 Å². The molecule has 0 bridgehead atoms. The van der Waals surface area contributed by atoms with Crippen LogP contribution in [0.5, 0.6) is 0 Å². The molecule has 0 aliphatic rings. The van der Waals surface area contributed by atoms with Crippen LogP contribution in [-0.4, -0.2) is 6.18 Å². The van der Waals surface area contributed by atoms with Gasteiger partial charge < -0.3 is 5.73 Å². The highest BCUT2D eigenvalue weighted by atomic mass is 35.5. The molecule has 0 fully saturated rings. The van der Waals surface area contributed by atoms with Crippen molar-refractivity contribution in [2.45, 2.75) is 31.2 Å². The van der Waals surface area contributed by atoms with Crippen molar-refractivity contribution in [2.24, 2.45) is 5.73 Å². The Morgan fingerprint density at radius 3 is 2.05 bits per heavy atom. The Kier molecular flexibility index (Phi) is 6.28. The molecule has 0 amide bonds. The molecule has 1 atom stereocenters. The SMILES string of the molecule is Cl.N[C@@H](CCC(F)(F)F)c1cc(F)ccc1C(F)(F)F. The highest BCUT2D eigenvalue weighted by Gasteiger charge is 2.36. The van der Waals surface area contributed by atoms with E-state index in [1.54, 1.807) is 0 Å². The fourth-order valence-corrected chi connectivity index (χ4v) is 1.57. The van der Waals surface area contributed by atoms with Gasteiger partial charge >= 0.3 is 12.4 Å². The Labute approximate surface area is 116 Å². The summed E-state index contributed by atoms with van der Waals surface area (Å²) in [5.74, 6) is -0.981. The van der Waals surface area contributed by atoms with E-state index in [-0.39, 0.29) is 12.4 Å². The Balaban J connectivity index is 0.00000361. The zero-order chi connectivity index (χ0) is 14.8.